The van der Waals surface area contributed by atoms with Crippen LogP contribution in [0.2, 0.25) is 0 Å². The van der Waals surface area contributed by atoms with Gasteiger partial charge in [0, 0.05) is 12.2 Å². The molecule has 0 radical (unpaired) electrons. The van der Waals surface area contributed by atoms with Crippen LogP contribution in [0.25, 0.3) is 5.65 Å². The number of aromatic nitrogens is 3. The van der Waals surface area contributed by atoms with Gasteiger partial charge in [-0.05, 0) is 37.3 Å². The first-order valence-corrected chi connectivity index (χ1v) is 9.00. The summed E-state index contributed by atoms with van der Waals surface area (Å²) >= 11 is 0. The van der Waals surface area contributed by atoms with E-state index in [1.807, 2.05) is 28.8 Å². The van der Waals surface area contributed by atoms with E-state index < -0.39 is 0 Å². The Morgan fingerprint density at radius 2 is 2.04 bits per heavy atom. The summed E-state index contributed by atoms with van der Waals surface area (Å²) in [5.41, 5.74) is 0.802. The van der Waals surface area contributed by atoms with Crippen molar-refractivity contribution in [3.8, 4) is 0 Å². The second kappa shape index (κ2) is 7.64. The third-order valence-corrected chi connectivity index (χ3v) is 4.60. The Bertz CT molecular complexity index is 675. The van der Waals surface area contributed by atoms with Gasteiger partial charge < -0.3 is 10.6 Å². The number of hydrogen-bond acceptors (Lipinski definition) is 3. The average molecular weight is 329 g/mol. The number of rotatable bonds is 5. The lowest BCUT2D eigenvalue weighted by Crippen LogP contribution is -2.44. The van der Waals surface area contributed by atoms with E-state index in [0.29, 0.717) is 12.0 Å². The van der Waals surface area contributed by atoms with Crippen molar-refractivity contribution in [2.45, 2.75) is 64.5 Å². The summed E-state index contributed by atoms with van der Waals surface area (Å²) in [4.78, 5) is 12.5. The fourth-order valence-electron chi connectivity index (χ4n) is 3.43. The van der Waals surface area contributed by atoms with Gasteiger partial charge >= 0.3 is 6.03 Å². The molecule has 0 saturated heterocycles. The highest BCUT2D eigenvalue weighted by molar-refractivity contribution is 5.74. The largest absolute Gasteiger partial charge is 0.335 e. The summed E-state index contributed by atoms with van der Waals surface area (Å²) in [6, 6.07) is 5.87. The van der Waals surface area contributed by atoms with E-state index in [4.69, 9.17) is 0 Å². The summed E-state index contributed by atoms with van der Waals surface area (Å²) < 4.78 is 1.95. The molecule has 1 aliphatic carbocycles. The van der Waals surface area contributed by atoms with E-state index >= 15 is 0 Å². The molecule has 1 saturated carbocycles. The minimum absolute atomic E-state index is 0.0970. The molecule has 0 aliphatic heterocycles. The molecule has 2 heterocycles. The van der Waals surface area contributed by atoms with Crippen LogP contribution in [-0.2, 0) is 0 Å². The highest BCUT2D eigenvalue weighted by Gasteiger charge is 2.23. The first kappa shape index (κ1) is 16.7. The lowest BCUT2D eigenvalue weighted by molar-refractivity contribution is 0.226. The fraction of sp³-hybridized carbons (Fsp3) is 0.611. The zero-order chi connectivity index (χ0) is 16.9. The smallest absolute Gasteiger partial charge is 0.315 e. The number of nitrogens with zero attached hydrogens (tertiary/aromatic N) is 3. The molecule has 1 fully saturated rings. The number of nitrogens with one attached hydrogen (secondary N) is 2. The van der Waals surface area contributed by atoms with Gasteiger partial charge in [0.15, 0.2) is 11.5 Å². The third-order valence-electron chi connectivity index (χ3n) is 4.60. The lowest BCUT2D eigenvalue weighted by atomic mass is 9.96. The SMILES string of the molecule is CC(C)CC(NC(=O)NC1CCCCC1)c1nnc2ccccn12. The second-order valence-corrected chi connectivity index (χ2v) is 7.12. The molecule has 0 bridgehead atoms. The first-order valence-electron chi connectivity index (χ1n) is 9.00. The molecule has 0 aromatic carbocycles. The Labute approximate surface area is 143 Å². The quantitative estimate of drug-likeness (QED) is 0.882. The van der Waals surface area contributed by atoms with E-state index in [-0.39, 0.29) is 12.1 Å². The molecule has 6 nitrogen and oxygen atoms in total. The van der Waals surface area contributed by atoms with Crippen LogP contribution in [0.15, 0.2) is 24.4 Å². The van der Waals surface area contributed by atoms with Crippen molar-refractivity contribution in [3.63, 3.8) is 0 Å². The molecule has 1 atom stereocenters. The van der Waals surface area contributed by atoms with Crippen molar-refractivity contribution in [2.75, 3.05) is 0 Å². The normalized spacial score (nSPS) is 17.1. The van der Waals surface area contributed by atoms with E-state index in [2.05, 4.69) is 34.7 Å². The lowest BCUT2D eigenvalue weighted by Gasteiger charge is -2.25. The van der Waals surface area contributed by atoms with Crippen LogP contribution in [0.4, 0.5) is 4.79 Å². The summed E-state index contributed by atoms with van der Waals surface area (Å²) in [6.45, 7) is 4.30. The van der Waals surface area contributed by atoms with Crippen molar-refractivity contribution in [1.29, 1.82) is 0 Å². The molecule has 2 aromatic heterocycles. The summed E-state index contributed by atoms with van der Waals surface area (Å²) in [5, 5.41) is 14.8. The van der Waals surface area contributed by atoms with Crippen molar-refractivity contribution in [3.05, 3.63) is 30.2 Å². The Hall–Kier alpha value is -2.11. The maximum atomic E-state index is 12.5. The topological polar surface area (TPSA) is 71.3 Å². The van der Waals surface area contributed by atoms with E-state index in [9.17, 15) is 4.79 Å². The molecule has 2 amide bonds. The van der Waals surface area contributed by atoms with Gasteiger partial charge in [-0.2, -0.15) is 0 Å². The minimum atomic E-state index is -0.147. The van der Waals surface area contributed by atoms with E-state index in [0.717, 1.165) is 30.7 Å². The summed E-state index contributed by atoms with van der Waals surface area (Å²) in [6.07, 6.45) is 8.62. The number of carbonyl (C=O) groups is 1. The van der Waals surface area contributed by atoms with Crippen molar-refractivity contribution in [1.82, 2.24) is 25.2 Å². The molecule has 1 aliphatic rings. The fourth-order valence-corrected chi connectivity index (χ4v) is 3.43. The molecule has 6 heteroatoms. The maximum Gasteiger partial charge on any atom is 0.315 e. The predicted molar refractivity (Wildman–Crippen MR) is 93.7 cm³/mol. The number of pyridine rings is 1. The molecule has 130 valence electrons. The zero-order valence-electron chi connectivity index (χ0n) is 14.5. The van der Waals surface area contributed by atoms with Crippen molar-refractivity contribution < 1.29 is 4.79 Å². The van der Waals surface area contributed by atoms with Gasteiger partial charge in [0.05, 0.1) is 6.04 Å². The maximum absolute atomic E-state index is 12.5. The second-order valence-electron chi connectivity index (χ2n) is 7.12. The van der Waals surface area contributed by atoms with Crippen LogP contribution in [0.5, 0.6) is 0 Å². The Morgan fingerprint density at radius 1 is 1.25 bits per heavy atom. The number of carbonyl (C=O) groups excluding carboxylic acids is 1. The number of hydrogen-bond donors (Lipinski definition) is 2. The average Bonchev–Trinajstić information content (AvgIpc) is 2.98. The molecule has 3 rings (SSSR count). The van der Waals surface area contributed by atoms with Gasteiger partial charge in [-0.3, -0.25) is 4.40 Å². The number of fused-ring (bicyclic) bond motifs is 1. The molecule has 2 N–H and O–H groups in total. The van der Waals surface area contributed by atoms with Crippen LogP contribution in [-0.4, -0.2) is 26.7 Å². The van der Waals surface area contributed by atoms with Crippen LogP contribution >= 0.6 is 0 Å². The molecular formula is C18H27N5O. The van der Waals surface area contributed by atoms with Crippen LogP contribution in [0, 0.1) is 5.92 Å². The Kier molecular flexibility index (Phi) is 5.33. The van der Waals surface area contributed by atoms with Crippen LogP contribution in [0.1, 0.15) is 64.2 Å². The first-order chi connectivity index (χ1) is 11.6. The van der Waals surface area contributed by atoms with Gasteiger partial charge in [-0.15, -0.1) is 10.2 Å². The number of urea groups is 1. The number of amides is 2. The van der Waals surface area contributed by atoms with Crippen LogP contribution in [0.3, 0.4) is 0 Å². The Morgan fingerprint density at radius 3 is 2.79 bits per heavy atom. The summed E-state index contributed by atoms with van der Waals surface area (Å²) in [5.74, 6) is 1.24. The highest BCUT2D eigenvalue weighted by atomic mass is 16.2. The summed E-state index contributed by atoms with van der Waals surface area (Å²) in [7, 11) is 0. The van der Waals surface area contributed by atoms with Gasteiger partial charge in [0.25, 0.3) is 0 Å². The van der Waals surface area contributed by atoms with Crippen molar-refractivity contribution in [2.24, 2.45) is 5.92 Å². The standard InChI is InChI=1S/C18H27N5O/c1-13(2)12-15(17-22-21-16-10-6-7-11-23(16)17)20-18(24)19-14-8-4-3-5-9-14/h6-7,10-11,13-15H,3-5,8-9,12H2,1-2H3,(H2,19,20,24). The van der Waals surface area contributed by atoms with E-state index in [1.165, 1.54) is 19.3 Å². The van der Waals surface area contributed by atoms with Crippen LogP contribution < -0.4 is 10.6 Å². The molecular weight excluding hydrogens is 302 g/mol. The zero-order valence-corrected chi connectivity index (χ0v) is 14.5. The highest BCUT2D eigenvalue weighted by Crippen LogP contribution is 2.21. The minimum Gasteiger partial charge on any atom is -0.335 e. The molecule has 24 heavy (non-hydrogen) atoms. The monoisotopic (exact) mass is 329 g/mol. The van der Waals surface area contributed by atoms with E-state index in [1.54, 1.807) is 0 Å². The van der Waals surface area contributed by atoms with Gasteiger partial charge in [-0.25, -0.2) is 4.79 Å². The Balaban J connectivity index is 1.72. The molecule has 2 aromatic rings. The predicted octanol–water partition coefficient (Wildman–Crippen LogP) is 3.45. The van der Waals surface area contributed by atoms with Gasteiger partial charge in [0.2, 0.25) is 0 Å². The molecule has 0 spiro atoms. The van der Waals surface area contributed by atoms with Gasteiger partial charge in [-0.1, -0.05) is 39.2 Å². The molecule has 1 unspecified atom stereocenters. The van der Waals surface area contributed by atoms with Crippen molar-refractivity contribution >= 4 is 11.7 Å². The third kappa shape index (κ3) is 4.04. The van der Waals surface area contributed by atoms with Gasteiger partial charge in [0.1, 0.15) is 0 Å².